The third kappa shape index (κ3) is 2.56. The number of halogens is 1. The molecule has 0 atom stereocenters. The maximum Gasteiger partial charge on any atom is 0.233 e. The number of piperazine rings is 1. The van der Waals surface area contributed by atoms with Gasteiger partial charge < -0.3 is 9.80 Å². The highest BCUT2D eigenvalue weighted by Gasteiger charge is 2.54. The number of benzene rings is 2. The molecule has 2 fully saturated rings. The summed E-state index contributed by atoms with van der Waals surface area (Å²) in [6.45, 7) is 3.04. The van der Waals surface area contributed by atoms with E-state index in [-0.39, 0.29) is 11.7 Å². The van der Waals surface area contributed by atoms with E-state index >= 15 is 0 Å². The zero-order valence-electron chi connectivity index (χ0n) is 13.6. The smallest absolute Gasteiger partial charge is 0.233 e. The summed E-state index contributed by atoms with van der Waals surface area (Å²) in [6, 6.07) is 17.0. The molecule has 0 unspecified atom stereocenters. The summed E-state index contributed by atoms with van der Waals surface area (Å²) in [6.07, 6.45) is 1.51. The van der Waals surface area contributed by atoms with Crippen molar-refractivity contribution in [3.8, 4) is 0 Å². The molecule has 124 valence electrons. The minimum atomic E-state index is -0.611. The predicted octanol–water partition coefficient (Wildman–Crippen LogP) is 3.21. The minimum absolute atomic E-state index is 0.0975. The highest BCUT2D eigenvalue weighted by Crippen LogP contribution is 2.50. The number of rotatable bonds is 3. The van der Waals surface area contributed by atoms with Crippen LogP contribution in [0.4, 0.5) is 10.1 Å². The summed E-state index contributed by atoms with van der Waals surface area (Å²) >= 11 is 0. The third-order valence-electron chi connectivity index (χ3n) is 5.24. The molecule has 0 radical (unpaired) electrons. The lowest BCUT2D eigenvalue weighted by Gasteiger charge is -2.38. The van der Waals surface area contributed by atoms with Gasteiger partial charge in [0.2, 0.25) is 5.91 Å². The van der Waals surface area contributed by atoms with Gasteiger partial charge in [-0.15, -0.1) is 0 Å². The minimum Gasteiger partial charge on any atom is -0.368 e. The van der Waals surface area contributed by atoms with Crippen molar-refractivity contribution in [2.75, 3.05) is 31.1 Å². The van der Waals surface area contributed by atoms with Gasteiger partial charge in [0, 0.05) is 37.4 Å². The second kappa shape index (κ2) is 5.93. The molecule has 1 aliphatic heterocycles. The van der Waals surface area contributed by atoms with E-state index < -0.39 is 5.41 Å². The van der Waals surface area contributed by atoms with Gasteiger partial charge in [0.05, 0.1) is 5.41 Å². The van der Waals surface area contributed by atoms with Crippen molar-refractivity contribution in [2.24, 2.45) is 0 Å². The van der Waals surface area contributed by atoms with Gasteiger partial charge >= 0.3 is 0 Å². The first-order valence-corrected chi connectivity index (χ1v) is 8.55. The van der Waals surface area contributed by atoms with Crippen molar-refractivity contribution in [1.82, 2.24) is 4.90 Å². The normalized spacial score (nSPS) is 19.2. The summed E-state index contributed by atoms with van der Waals surface area (Å²) in [5.41, 5.74) is 1.15. The van der Waals surface area contributed by atoms with Gasteiger partial charge in [-0.3, -0.25) is 4.79 Å². The van der Waals surface area contributed by atoms with Crippen molar-refractivity contribution >= 4 is 11.6 Å². The number of amides is 1. The Morgan fingerprint density at radius 2 is 1.50 bits per heavy atom. The maximum atomic E-state index is 14.2. The Kier molecular flexibility index (Phi) is 3.75. The lowest BCUT2D eigenvalue weighted by atomic mass is 9.93. The molecule has 3 nitrogen and oxygen atoms in total. The van der Waals surface area contributed by atoms with Gasteiger partial charge in [-0.1, -0.05) is 36.4 Å². The van der Waals surface area contributed by atoms with Crippen LogP contribution in [0.25, 0.3) is 0 Å². The van der Waals surface area contributed by atoms with Crippen LogP contribution in [0.2, 0.25) is 0 Å². The van der Waals surface area contributed by atoms with E-state index in [0.29, 0.717) is 18.7 Å². The van der Waals surface area contributed by atoms with Gasteiger partial charge in [-0.25, -0.2) is 4.39 Å². The lowest BCUT2D eigenvalue weighted by molar-refractivity contribution is -0.134. The first-order chi connectivity index (χ1) is 11.7. The monoisotopic (exact) mass is 324 g/mol. The van der Waals surface area contributed by atoms with Crippen LogP contribution in [0.15, 0.2) is 54.6 Å². The number of nitrogens with zero attached hydrogens (tertiary/aromatic N) is 2. The highest BCUT2D eigenvalue weighted by atomic mass is 19.1. The summed E-state index contributed by atoms with van der Waals surface area (Å²) < 4.78 is 14.2. The zero-order valence-corrected chi connectivity index (χ0v) is 13.6. The van der Waals surface area contributed by atoms with Crippen molar-refractivity contribution in [3.63, 3.8) is 0 Å². The first kappa shape index (κ1) is 15.2. The quantitative estimate of drug-likeness (QED) is 0.865. The molecule has 1 amide bonds. The van der Waals surface area contributed by atoms with Gasteiger partial charge in [0.15, 0.2) is 0 Å². The van der Waals surface area contributed by atoms with Crippen LogP contribution in [0.3, 0.4) is 0 Å². The molecule has 4 heteroatoms. The molecule has 2 aromatic carbocycles. The van der Waals surface area contributed by atoms with Crippen LogP contribution in [0.5, 0.6) is 0 Å². The summed E-state index contributed by atoms with van der Waals surface area (Å²) in [4.78, 5) is 17.2. The molecular formula is C20H21FN2O. The Morgan fingerprint density at radius 3 is 2.12 bits per heavy atom. The van der Waals surface area contributed by atoms with Crippen LogP contribution < -0.4 is 4.90 Å². The molecule has 2 aliphatic rings. The van der Waals surface area contributed by atoms with Crippen LogP contribution in [-0.4, -0.2) is 37.0 Å². The van der Waals surface area contributed by atoms with Gasteiger partial charge in [-0.2, -0.15) is 0 Å². The number of hydrogen-bond donors (Lipinski definition) is 0. The highest BCUT2D eigenvalue weighted by molar-refractivity contribution is 5.91. The Balaban J connectivity index is 1.46. The van der Waals surface area contributed by atoms with E-state index in [4.69, 9.17) is 0 Å². The van der Waals surface area contributed by atoms with Crippen LogP contribution in [0, 0.1) is 5.82 Å². The molecule has 0 N–H and O–H groups in total. The fraction of sp³-hybridized carbons (Fsp3) is 0.350. The topological polar surface area (TPSA) is 23.6 Å². The zero-order chi connectivity index (χ0) is 16.6. The summed E-state index contributed by atoms with van der Waals surface area (Å²) in [7, 11) is 0. The number of para-hydroxylation sites is 1. The molecule has 2 aromatic rings. The second-order valence-electron chi connectivity index (χ2n) is 6.68. The number of anilines is 1. The van der Waals surface area contributed by atoms with E-state index in [2.05, 4.69) is 17.0 Å². The van der Waals surface area contributed by atoms with Crippen LogP contribution >= 0.6 is 0 Å². The largest absolute Gasteiger partial charge is 0.368 e. The van der Waals surface area contributed by atoms with Gasteiger partial charge in [0.1, 0.15) is 5.82 Å². The SMILES string of the molecule is O=C(N1CCN(c2ccccc2)CC1)C1(c2ccccc2F)CC1. The van der Waals surface area contributed by atoms with E-state index in [0.717, 1.165) is 25.9 Å². The van der Waals surface area contributed by atoms with Crippen LogP contribution in [0.1, 0.15) is 18.4 Å². The predicted molar refractivity (Wildman–Crippen MR) is 92.5 cm³/mol. The standard InChI is InChI=1S/C20H21FN2O/c21-18-9-5-4-8-17(18)20(10-11-20)19(24)23-14-12-22(13-15-23)16-6-2-1-3-7-16/h1-9H,10-15H2. The molecule has 0 bridgehead atoms. The van der Waals surface area contributed by atoms with Gasteiger partial charge in [-0.05, 0) is 31.0 Å². The molecule has 1 saturated heterocycles. The number of carbonyl (C=O) groups is 1. The van der Waals surface area contributed by atoms with E-state index in [1.54, 1.807) is 12.1 Å². The third-order valence-corrected chi connectivity index (χ3v) is 5.24. The van der Waals surface area contributed by atoms with E-state index in [1.165, 1.54) is 11.8 Å². The average Bonchev–Trinajstić information content (AvgIpc) is 3.44. The fourth-order valence-electron chi connectivity index (χ4n) is 3.68. The van der Waals surface area contributed by atoms with E-state index in [9.17, 15) is 9.18 Å². The molecule has 1 saturated carbocycles. The number of hydrogen-bond acceptors (Lipinski definition) is 2. The molecule has 24 heavy (non-hydrogen) atoms. The summed E-state index contributed by atoms with van der Waals surface area (Å²) in [5, 5.41) is 0. The second-order valence-corrected chi connectivity index (χ2v) is 6.68. The Labute approximate surface area is 141 Å². The van der Waals surface area contributed by atoms with Crippen LogP contribution in [-0.2, 0) is 10.2 Å². The Hall–Kier alpha value is -2.36. The number of carbonyl (C=O) groups excluding carboxylic acids is 1. The average molecular weight is 324 g/mol. The molecule has 0 aromatic heterocycles. The Morgan fingerprint density at radius 1 is 0.875 bits per heavy atom. The Bertz CT molecular complexity index is 734. The molecule has 1 aliphatic carbocycles. The van der Waals surface area contributed by atoms with Crippen molar-refractivity contribution in [3.05, 3.63) is 66.0 Å². The fourth-order valence-corrected chi connectivity index (χ4v) is 3.68. The molecular weight excluding hydrogens is 303 g/mol. The van der Waals surface area contributed by atoms with Crippen molar-refractivity contribution < 1.29 is 9.18 Å². The molecule has 1 heterocycles. The lowest BCUT2D eigenvalue weighted by Crippen LogP contribution is -2.51. The summed E-state index contributed by atoms with van der Waals surface area (Å²) in [5.74, 6) is -0.161. The molecule has 0 spiro atoms. The maximum absolute atomic E-state index is 14.2. The van der Waals surface area contributed by atoms with Crippen molar-refractivity contribution in [2.45, 2.75) is 18.3 Å². The molecule has 4 rings (SSSR count). The van der Waals surface area contributed by atoms with Gasteiger partial charge in [0.25, 0.3) is 0 Å². The van der Waals surface area contributed by atoms with E-state index in [1.807, 2.05) is 29.2 Å². The first-order valence-electron chi connectivity index (χ1n) is 8.55. The van der Waals surface area contributed by atoms with Crippen molar-refractivity contribution in [1.29, 1.82) is 0 Å².